The third-order valence-electron chi connectivity index (χ3n) is 4.54. The SMILES string of the molecule is CC.CC.Fc1ccc(CN2CCN(c3nc4cc(Cl)ncc4nc3Cl)CC2)c(F)c1. The fraction of sp³-hybridized carbons (Fsp3) is 0.409. The van der Waals surface area contributed by atoms with E-state index in [4.69, 9.17) is 23.2 Å². The zero-order valence-corrected chi connectivity index (χ0v) is 19.7. The fourth-order valence-electron chi connectivity index (χ4n) is 3.11. The van der Waals surface area contributed by atoms with Crippen molar-refractivity contribution in [1.82, 2.24) is 19.9 Å². The number of hydrogen-bond acceptors (Lipinski definition) is 5. The second-order valence-corrected chi connectivity index (χ2v) is 7.08. The first-order chi connectivity index (χ1) is 15.0. The molecule has 5 nitrogen and oxygen atoms in total. The molecule has 1 aromatic carbocycles. The molecular weight excluding hydrogens is 443 g/mol. The van der Waals surface area contributed by atoms with Crippen LogP contribution in [-0.4, -0.2) is 46.0 Å². The molecule has 1 aliphatic rings. The number of anilines is 1. The molecule has 3 aromatic rings. The standard InChI is InChI=1S/C18H15Cl2F2N5.2C2H6/c19-16-8-14-15(9-23-16)24-17(20)18(25-14)27-5-3-26(4-6-27)10-11-1-2-12(21)7-13(11)22;2*1-2/h1-2,7-9H,3-6,10H2;2*1-2H3. The molecule has 0 aliphatic carbocycles. The van der Waals surface area contributed by atoms with Gasteiger partial charge in [-0.15, -0.1) is 0 Å². The summed E-state index contributed by atoms with van der Waals surface area (Å²) in [4.78, 5) is 17.1. The van der Waals surface area contributed by atoms with Gasteiger partial charge in [-0.2, -0.15) is 0 Å². The van der Waals surface area contributed by atoms with Crippen LogP contribution in [-0.2, 0) is 6.54 Å². The largest absolute Gasteiger partial charge is 0.351 e. The van der Waals surface area contributed by atoms with E-state index in [1.165, 1.54) is 18.3 Å². The lowest BCUT2D eigenvalue weighted by Gasteiger charge is -2.35. The van der Waals surface area contributed by atoms with E-state index < -0.39 is 11.6 Å². The molecule has 1 fully saturated rings. The summed E-state index contributed by atoms with van der Waals surface area (Å²) in [5.74, 6) is -0.494. The van der Waals surface area contributed by atoms with Crippen molar-refractivity contribution in [2.24, 2.45) is 0 Å². The number of piperazine rings is 1. The predicted molar refractivity (Wildman–Crippen MR) is 124 cm³/mol. The monoisotopic (exact) mass is 469 g/mol. The summed E-state index contributed by atoms with van der Waals surface area (Å²) in [5, 5.41) is 0.654. The van der Waals surface area contributed by atoms with Gasteiger partial charge in [0, 0.05) is 50.4 Å². The van der Waals surface area contributed by atoms with Crippen LogP contribution in [0.2, 0.25) is 10.3 Å². The van der Waals surface area contributed by atoms with Crippen LogP contribution in [0.3, 0.4) is 0 Å². The minimum Gasteiger partial charge on any atom is -0.351 e. The number of benzene rings is 1. The van der Waals surface area contributed by atoms with Gasteiger partial charge in [-0.3, -0.25) is 4.90 Å². The Morgan fingerprint density at radius 3 is 2.23 bits per heavy atom. The van der Waals surface area contributed by atoms with E-state index >= 15 is 0 Å². The smallest absolute Gasteiger partial charge is 0.172 e. The van der Waals surface area contributed by atoms with Crippen LogP contribution in [0.25, 0.3) is 11.0 Å². The molecule has 168 valence electrons. The van der Waals surface area contributed by atoms with Crippen LogP contribution in [0.15, 0.2) is 30.5 Å². The number of rotatable bonds is 3. The van der Waals surface area contributed by atoms with Gasteiger partial charge in [-0.05, 0) is 6.07 Å². The van der Waals surface area contributed by atoms with Crippen molar-refractivity contribution in [3.05, 3.63) is 58.0 Å². The maximum atomic E-state index is 13.9. The molecular formula is C22H27Cl2F2N5. The van der Waals surface area contributed by atoms with Crippen molar-refractivity contribution in [2.75, 3.05) is 31.1 Å². The number of fused-ring (bicyclic) bond motifs is 1. The van der Waals surface area contributed by atoms with Gasteiger partial charge in [-0.1, -0.05) is 57.0 Å². The number of aromatic nitrogens is 3. The Balaban J connectivity index is 0.000000807. The first kappa shape index (κ1) is 25.2. The molecule has 0 N–H and O–H groups in total. The average molecular weight is 470 g/mol. The lowest BCUT2D eigenvalue weighted by Crippen LogP contribution is -2.46. The first-order valence-corrected chi connectivity index (χ1v) is 11.2. The summed E-state index contributed by atoms with van der Waals surface area (Å²) >= 11 is 12.2. The van der Waals surface area contributed by atoms with Gasteiger partial charge in [0.1, 0.15) is 22.3 Å². The second kappa shape index (κ2) is 12.1. The Kier molecular flexibility index (Phi) is 9.81. The van der Waals surface area contributed by atoms with E-state index in [0.29, 0.717) is 65.4 Å². The van der Waals surface area contributed by atoms with E-state index in [1.54, 1.807) is 6.07 Å². The quantitative estimate of drug-likeness (QED) is 0.441. The van der Waals surface area contributed by atoms with E-state index in [2.05, 4.69) is 19.9 Å². The lowest BCUT2D eigenvalue weighted by atomic mass is 10.2. The van der Waals surface area contributed by atoms with E-state index in [-0.39, 0.29) is 0 Å². The van der Waals surface area contributed by atoms with Crippen molar-refractivity contribution >= 4 is 40.1 Å². The van der Waals surface area contributed by atoms with E-state index in [9.17, 15) is 8.78 Å². The topological polar surface area (TPSA) is 45.2 Å². The Morgan fingerprint density at radius 2 is 1.58 bits per heavy atom. The molecule has 31 heavy (non-hydrogen) atoms. The van der Waals surface area contributed by atoms with Crippen molar-refractivity contribution < 1.29 is 8.78 Å². The lowest BCUT2D eigenvalue weighted by molar-refractivity contribution is 0.246. The number of hydrogen-bond donors (Lipinski definition) is 0. The minimum atomic E-state index is -0.569. The summed E-state index contributed by atoms with van der Waals surface area (Å²) in [6.45, 7) is 11.2. The van der Waals surface area contributed by atoms with Gasteiger partial charge in [0.25, 0.3) is 0 Å². The maximum absolute atomic E-state index is 13.9. The zero-order chi connectivity index (χ0) is 23.0. The van der Waals surface area contributed by atoms with Gasteiger partial charge in [0.2, 0.25) is 0 Å². The molecule has 1 aliphatic heterocycles. The number of nitrogens with zero attached hydrogens (tertiary/aromatic N) is 5. The molecule has 0 bridgehead atoms. The molecule has 2 aromatic heterocycles. The maximum Gasteiger partial charge on any atom is 0.172 e. The first-order valence-electron chi connectivity index (χ1n) is 10.4. The molecule has 1 saturated heterocycles. The van der Waals surface area contributed by atoms with Crippen LogP contribution in [0.4, 0.5) is 14.6 Å². The highest BCUT2D eigenvalue weighted by atomic mass is 35.5. The highest BCUT2D eigenvalue weighted by Gasteiger charge is 2.22. The van der Waals surface area contributed by atoms with Gasteiger partial charge in [-0.25, -0.2) is 23.7 Å². The Bertz CT molecular complexity index is 995. The highest BCUT2D eigenvalue weighted by Crippen LogP contribution is 2.26. The van der Waals surface area contributed by atoms with Crippen molar-refractivity contribution in [3.63, 3.8) is 0 Å². The summed E-state index contributed by atoms with van der Waals surface area (Å²) in [5.41, 5.74) is 1.69. The van der Waals surface area contributed by atoms with Crippen molar-refractivity contribution in [3.8, 4) is 0 Å². The fourth-order valence-corrected chi connectivity index (χ4v) is 3.52. The second-order valence-electron chi connectivity index (χ2n) is 6.33. The van der Waals surface area contributed by atoms with Gasteiger partial charge in [0.05, 0.1) is 11.7 Å². The third kappa shape index (κ3) is 6.45. The average Bonchev–Trinajstić information content (AvgIpc) is 2.79. The van der Waals surface area contributed by atoms with Crippen LogP contribution in [0.5, 0.6) is 0 Å². The van der Waals surface area contributed by atoms with Crippen LogP contribution in [0, 0.1) is 11.6 Å². The summed E-state index contributed by atoms with van der Waals surface area (Å²) in [7, 11) is 0. The van der Waals surface area contributed by atoms with Gasteiger partial charge >= 0.3 is 0 Å². The predicted octanol–water partition coefficient (Wildman–Crippen LogP) is 5.98. The Labute approximate surface area is 192 Å². The highest BCUT2D eigenvalue weighted by molar-refractivity contribution is 6.32. The summed E-state index contributed by atoms with van der Waals surface area (Å²) in [6.07, 6.45) is 1.54. The number of halogens is 4. The van der Waals surface area contributed by atoms with Crippen LogP contribution >= 0.6 is 23.2 Å². The molecule has 0 unspecified atom stereocenters. The molecule has 0 atom stereocenters. The molecule has 0 saturated carbocycles. The summed E-state index contributed by atoms with van der Waals surface area (Å²) in [6, 6.07) is 5.33. The molecule has 4 rings (SSSR count). The Morgan fingerprint density at radius 1 is 0.903 bits per heavy atom. The summed E-state index contributed by atoms with van der Waals surface area (Å²) < 4.78 is 26.9. The minimum absolute atomic E-state index is 0.310. The molecule has 3 heterocycles. The molecule has 0 amide bonds. The van der Waals surface area contributed by atoms with Crippen LogP contribution < -0.4 is 4.90 Å². The van der Waals surface area contributed by atoms with Crippen molar-refractivity contribution in [2.45, 2.75) is 34.2 Å². The normalized spacial score (nSPS) is 13.9. The van der Waals surface area contributed by atoms with E-state index in [0.717, 1.165) is 6.07 Å². The Hall–Kier alpha value is -2.09. The van der Waals surface area contributed by atoms with Gasteiger partial charge in [0.15, 0.2) is 11.0 Å². The molecule has 0 spiro atoms. The van der Waals surface area contributed by atoms with Crippen molar-refractivity contribution in [1.29, 1.82) is 0 Å². The molecule has 0 radical (unpaired) electrons. The number of pyridine rings is 1. The van der Waals surface area contributed by atoms with Gasteiger partial charge < -0.3 is 4.90 Å². The third-order valence-corrected chi connectivity index (χ3v) is 5.00. The molecule has 9 heteroatoms. The van der Waals surface area contributed by atoms with Crippen LogP contribution in [0.1, 0.15) is 33.3 Å². The van der Waals surface area contributed by atoms with E-state index in [1.807, 2.05) is 32.6 Å². The zero-order valence-electron chi connectivity index (χ0n) is 18.2.